The predicted octanol–water partition coefficient (Wildman–Crippen LogP) is 3.78. The first-order valence-corrected chi connectivity index (χ1v) is 10.7. The smallest absolute Gasteiger partial charge is 0.220 e. The van der Waals surface area contributed by atoms with Gasteiger partial charge in [0.1, 0.15) is 4.08 Å². The summed E-state index contributed by atoms with van der Waals surface area (Å²) in [5.41, 5.74) is 2.91. The van der Waals surface area contributed by atoms with Crippen LogP contribution in [0.15, 0.2) is 24.3 Å². The van der Waals surface area contributed by atoms with Gasteiger partial charge in [-0.2, -0.15) is 0 Å². The Balaban J connectivity index is 1.95. The van der Waals surface area contributed by atoms with Crippen LogP contribution in [0, 0.1) is 11.8 Å². The SMILES string of the molecule is CC[C@@H]1C(=O)c2c([nH]c3ccccc23)C2(SCCS2)[C@H]1CC(=O)NC. The summed E-state index contributed by atoms with van der Waals surface area (Å²) in [6, 6.07) is 8.05. The molecular weight excluding hydrogens is 352 g/mol. The molecule has 0 bridgehead atoms. The number of benzene rings is 1. The molecule has 1 spiro atoms. The molecule has 2 N–H and O–H groups in total. The zero-order valence-corrected chi connectivity index (χ0v) is 16.1. The molecule has 2 aliphatic rings. The summed E-state index contributed by atoms with van der Waals surface area (Å²) in [6.45, 7) is 2.07. The summed E-state index contributed by atoms with van der Waals surface area (Å²) in [5, 5.41) is 3.77. The third-order valence-electron chi connectivity index (χ3n) is 5.45. The fourth-order valence-corrected chi connectivity index (χ4v) is 7.94. The highest BCUT2D eigenvalue weighted by molar-refractivity contribution is 8.20. The molecule has 6 heteroatoms. The van der Waals surface area contributed by atoms with E-state index in [1.807, 2.05) is 47.8 Å². The Labute approximate surface area is 155 Å². The van der Waals surface area contributed by atoms with E-state index in [9.17, 15) is 9.59 Å². The number of hydrogen-bond donors (Lipinski definition) is 2. The van der Waals surface area contributed by atoms with Gasteiger partial charge < -0.3 is 10.3 Å². The summed E-state index contributed by atoms with van der Waals surface area (Å²) in [7, 11) is 1.67. The molecule has 1 fully saturated rings. The lowest BCUT2D eigenvalue weighted by atomic mass is 9.73. The molecule has 0 saturated carbocycles. The highest BCUT2D eigenvalue weighted by atomic mass is 32.2. The van der Waals surface area contributed by atoms with Crippen molar-refractivity contribution in [2.24, 2.45) is 11.8 Å². The Bertz CT molecular complexity index is 839. The number of aromatic nitrogens is 1. The van der Waals surface area contributed by atoms with Crippen molar-refractivity contribution in [3.8, 4) is 0 Å². The molecule has 2 atom stereocenters. The number of H-pyrrole nitrogens is 1. The van der Waals surface area contributed by atoms with Gasteiger partial charge in [0.25, 0.3) is 0 Å². The van der Waals surface area contributed by atoms with E-state index in [0.29, 0.717) is 6.42 Å². The Kier molecular flexibility index (Phi) is 4.36. The fraction of sp³-hybridized carbons (Fsp3) is 0.474. The normalized spacial score (nSPS) is 24.6. The third-order valence-corrected chi connectivity index (χ3v) is 9.11. The molecule has 1 aromatic heterocycles. The van der Waals surface area contributed by atoms with Crippen LogP contribution in [0.1, 0.15) is 35.8 Å². The molecule has 1 aliphatic heterocycles. The van der Waals surface area contributed by atoms with Crippen LogP contribution in [0.3, 0.4) is 0 Å². The monoisotopic (exact) mass is 374 g/mol. The number of Topliss-reactive ketones (excluding diaryl/α,β-unsaturated/α-hetero) is 1. The molecule has 1 aromatic carbocycles. The van der Waals surface area contributed by atoms with Crippen LogP contribution in [-0.4, -0.2) is 35.2 Å². The van der Waals surface area contributed by atoms with Gasteiger partial charge in [-0.15, -0.1) is 23.5 Å². The van der Waals surface area contributed by atoms with E-state index in [1.165, 1.54) is 0 Å². The van der Waals surface area contributed by atoms with Crippen molar-refractivity contribution >= 4 is 46.1 Å². The van der Waals surface area contributed by atoms with E-state index >= 15 is 0 Å². The first kappa shape index (κ1) is 17.0. The molecule has 25 heavy (non-hydrogen) atoms. The minimum Gasteiger partial charge on any atom is -0.359 e. The number of rotatable bonds is 3. The van der Waals surface area contributed by atoms with E-state index in [1.54, 1.807) is 7.05 Å². The Morgan fingerprint density at radius 2 is 2.04 bits per heavy atom. The number of carbonyl (C=O) groups excluding carboxylic acids is 2. The molecule has 0 unspecified atom stereocenters. The zero-order valence-electron chi connectivity index (χ0n) is 14.4. The van der Waals surface area contributed by atoms with Crippen LogP contribution in [-0.2, 0) is 8.87 Å². The minimum atomic E-state index is -0.227. The molecule has 0 radical (unpaired) electrons. The minimum absolute atomic E-state index is 0.0167. The number of nitrogens with one attached hydrogen (secondary N) is 2. The second-order valence-corrected chi connectivity index (χ2v) is 9.59. The van der Waals surface area contributed by atoms with Crippen molar-refractivity contribution in [3.63, 3.8) is 0 Å². The molecule has 1 amide bonds. The highest BCUT2D eigenvalue weighted by Crippen LogP contribution is 2.63. The zero-order chi connectivity index (χ0) is 17.6. The van der Waals surface area contributed by atoms with Gasteiger partial charge in [0.15, 0.2) is 5.78 Å². The molecular formula is C19H22N2O2S2. The van der Waals surface area contributed by atoms with Crippen LogP contribution in [0.2, 0.25) is 0 Å². The maximum absolute atomic E-state index is 13.4. The van der Waals surface area contributed by atoms with Crippen LogP contribution in [0.25, 0.3) is 10.9 Å². The standard InChI is InChI=1S/C19H22N2O2S2/c1-3-11-13(10-15(22)20-2)19(24-8-9-25-19)18-16(17(11)23)12-6-4-5-7-14(12)21-18/h4-7,11,13,21H,3,8-10H2,1-2H3,(H,20,22)/t11-,13-/m0/s1. The summed E-state index contributed by atoms with van der Waals surface area (Å²) in [5.74, 6) is 2.22. The largest absolute Gasteiger partial charge is 0.359 e. The van der Waals surface area contributed by atoms with Crippen molar-refractivity contribution in [1.82, 2.24) is 10.3 Å². The maximum Gasteiger partial charge on any atom is 0.220 e. The van der Waals surface area contributed by atoms with Crippen molar-refractivity contribution < 1.29 is 9.59 Å². The van der Waals surface area contributed by atoms with Gasteiger partial charge in [-0.3, -0.25) is 9.59 Å². The molecule has 4 rings (SSSR count). The summed E-state index contributed by atoms with van der Waals surface area (Å²) < 4.78 is -0.227. The van der Waals surface area contributed by atoms with Gasteiger partial charge in [-0.05, 0) is 12.5 Å². The maximum atomic E-state index is 13.4. The Morgan fingerprint density at radius 1 is 1.32 bits per heavy atom. The fourth-order valence-electron chi connectivity index (χ4n) is 4.31. The Morgan fingerprint density at radius 3 is 2.72 bits per heavy atom. The summed E-state index contributed by atoms with van der Waals surface area (Å²) in [4.78, 5) is 29.1. The van der Waals surface area contributed by atoms with E-state index < -0.39 is 0 Å². The lowest BCUT2D eigenvalue weighted by Crippen LogP contribution is -2.44. The quantitative estimate of drug-likeness (QED) is 0.858. The summed E-state index contributed by atoms with van der Waals surface area (Å²) in [6.07, 6.45) is 1.16. The van der Waals surface area contributed by atoms with Gasteiger partial charge in [0, 0.05) is 53.3 Å². The topological polar surface area (TPSA) is 62.0 Å². The van der Waals surface area contributed by atoms with E-state index in [0.717, 1.165) is 40.1 Å². The third kappa shape index (κ3) is 2.45. The highest BCUT2D eigenvalue weighted by Gasteiger charge is 2.56. The van der Waals surface area contributed by atoms with E-state index in [2.05, 4.69) is 17.2 Å². The van der Waals surface area contributed by atoms with Crippen LogP contribution < -0.4 is 5.32 Å². The first-order valence-electron chi connectivity index (χ1n) is 8.76. The van der Waals surface area contributed by atoms with Crippen molar-refractivity contribution in [2.75, 3.05) is 18.6 Å². The molecule has 2 aromatic rings. The van der Waals surface area contributed by atoms with Crippen molar-refractivity contribution in [3.05, 3.63) is 35.5 Å². The second kappa shape index (κ2) is 6.40. The van der Waals surface area contributed by atoms with Crippen molar-refractivity contribution in [2.45, 2.75) is 23.8 Å². The number of fused-ring (bicyclic) bond motifs is 4. The lowest BCUT2D eigenvalue weighted by molar-refractivity contribution is -0.121. The second-order valence-electron chi connectivity index (χ2n) is 6.65. The molecule has 1 aliphatic carbocycles. The first-order chi connectivity index (χ1) is 12.1. The Hall–Kier alpha value is -1.40. The average Bonchev–Trinajstić information content (AvgIpc) is 3.25. The number of thioether (sulfide) groups is 2. The van der Waals surface area contributed by atoms with Gasteiger partial charge in [0.05, 0.1) is 5.69 Å². The van der Waals surface area contributed by atoms with Gasteiger partial charge in [0.2, 0.25) is 5.91 Å². The summed E-state index contributed by atoms with van der Waals surface area (Å²) >= 11 is 3.81. The average molecular weight is 375 g/mol. The van der Waals surface area contributed by atoms with Gasteiger partial charge in [-0.1, -0.05) is 25.1 Å². The number of aromatic amines is 1. The molecule has 2 heterocycles. The van der Waals surface area contributed by atoms with Crippen LogP contribution in [0.4, 0.5) is 0 Å². The molecule has 1 saturated heterocycles. The van der Waals surface area contributed by atoms with Gasteiger partial charge >= 0.3 is 0 Å². The number of hydrogen-bond acceptors (Lipinski definition) is 4. The van der Waals surface area contributed by atoms with E-state index in [4.69, 9.17) is 0 Å². The van der Waals surface area contributed by atoms with Crippen LogP contribution >= 0.6 is 23.5 Å². The van der Waals surface area contributed by atoms with Gasteiger partial charge in [-0.25, -0.2) is 0 Å². The predicted molar refractivity (Wildman–Crippen MR) is 105 cm³/mol. The number of para-hydroxylation sites is 1. The number of amides is 1. The van der Waals surface area contributed by atoms with Crippen LogP contribution in [0.5, 0.6) is 0 Å². The van der Waals surface area contributed by atoms with Crippen molar-refractivity contribution in [1.29, 1.82) is 0 Å². The molecule has 132 valence electrons. The number of ketones is 1. The molecule has 4 nitrogen and oxygen atoms in total. The lowest BCUT2D eigenvalue weighted by Gasteiger charge is -2.43. The number of carbonyl (C=O) groups is 2. The van der Waals surface area contributed by atoms with E-state index in [-0.39, 0.29) is 27.6 Å².